The largest absolute Gasteiger partial charge is 0.496 e. The number of hydrogen-bond acceptors (Lipinski definition) is 5. The van der Waals surface area contributed by atoms with Crippen LogP contribution in [0.15, 0.2) is 54.7 Å². The Bertz CT molecular complexity index is 967. The molecule has 0 bridgehead atoms. The molecule has 28 heavy (non-hydrogen) atoms. The van der Waals surface area contributed by atoms with Crippen LogP contribution in [-0.4, -0.2) is 52.5 Å². The lowest BCUT2D eigenvalue weighted by molar-refractivity contribution is 0.0625. The third kappa shape index (κ3) is 3.48. The van der Waals surface area contributed by atoms with Crippen molar-refractivity contribution < 1.29 is 9.53 Å². The highest BCUT2D eigenvalue weighted by atomic mass is 16.5. The lowest BCUT2D eigenvalue weighted by Crippen LogP contribution is -2.48. The first-order valence-electron chi connectivity index (χ1n) is 9.31. The molecule has 3 aromatic rings. The Hall–Kier alpha value is -3.19. The Kier molecular flexibility index (Phi) is 5.08. The molecule has 7 nitrogen and oxygen atoms in total. The summed E-state index contributed by atoms with van der Waals surface area (Å²) < 4.78 is 7.14. The number of methoxy groups -OCH3 is 1. The predicted octanol–water partition coefficient (Wildman–Crippen LogP) is 2.37. The van der Waals surface area contributed by atoms with E-state index in [1.54, 1.807) is 18.0 Å². The van der Waals surface area contributed by atoms with Crippen LogP contribution < -0.4 is 10.1 Å². The number of carbonyl (C=O) groups is 1. The van der Waals surface area contributed by atoms with Gasteiger partial charge < -0.3 is 15.0 Å². The summed E-state index contributed by atoms with van der Waals surface area (Å²) in [7, 11) is 1.65. The maximum absolute atomic E-state index is 13.2. The van der Waals surface area contributed by atoms with Crippen LogP contribution in [0, 0.1) is 6.92 Å². The van der Waals surface area contributed by atoms with Gasteiger partial charge in [0.15, 0.2) is 5.69 Å². The van der Waals surface area contributed by atoms with Crippen molar-refractivity contribution in [3.63, 3.8) is 0 Å². The Labute approximate surface area is 163 Å². The molecule has 0 spiro atoms. The van der Waals surface area contributed by atoms with Crippen molar-refractivity contribution in [2.75, 3.05) is 26.7 Å². The second kappa shape index (κ2) is 7.82. The van der Waals surface area contributed by atoms with Crippen molar-refractivity contribution in [1.82, 2.24) is 25.2 Å². The van der Waals surface area contributed by atoms with Gasteiger partial charge in [-0.1, -0.05) is 41.1 Å². The van der Waals surface area contributed by atoms with E-state index in [0.29, 0.717) is 18.8 Å². The molecule has 1 atom stereocenters. The average molecular weight is 377 g/mol. The fourth-order valence-corrected chi connectivity index (χ4v) is 3.50. The SMILES string of the molecule is COc1ccccc1C1CNCCN1C(=O)c1cn(-c2ccc(C)cc2)nn1. The van der Waals surface area contributed by atoms with Gasteiger partial charge >= 0.3 is 0 Å². The van der Waals surface area contributed by atoms with Gasteiger partial charge in [0, 0.05) is 25.2 Å². The maximum atomic E-state index is 13.2. The standard InChI is InChI=1S/C21H23N5O2/c1-15-7-9-16(10-8-15)26-14-18(23-24-26)21(27)25-12-11-22-13-19(25)17-5-3-4-6-20(17)28-2/h3-10,14,19,22H,11-13H2,1-2H3. The number of amides is 1. The molecule has 4 rings (SSSR count). The molecular weight excluding hydrogens is 354 g/mol. The van der Waals surface area contributed by atoms with Crippen LogP contribution in [0.5, 0.6) is 5.75 Å². The van der Waals surface area contributed by atoms with Crippen molar-refractivity contribution in [2.45, 2.75) is 13.0 Å². The van der Waals surface area contributed by atoms with Gasteiger partial charge in [-0.3, -0.25) is 4.79 Å². The Balaban J connectivity index is 1.61. The molecule has 1 saturated heterocycles. The van der Waals surface area contributed by atoms with Crippen LogP contribution in [0.2, 0.25) is 0 Å². The third-order valence-electron chi connectivity index (χ3n) is 5.01. The number of benzene rings is 2. The second-order valence-corrected chi connectivity index (χ2v) is 6.84. The molecule has 1 fully saturated rings. The van der Waals surface area contributed by atoms with Crippen molar-refractivity contribution in [3.05, 3.63) is 71.5 Å². The summed E-state index contributed by atoms with van der Waals surface area (Å²) >= 11 is 0. The number of aryl methyl sites for hydroxylation is 1. The van der Waals surface area contributed by atoms with Crippen molar-refractivity contribution in [2.24, 2.45) is 0 Å². The first-order valence-corrected chi connectivity index (χ1v) is 9.31. The summed E-state index contributed by atoms with van der Waals surface area (Å²) in [5.74, 6) is 0.646. The van der Waals surface area contributed by atoms with E-state index >= 15 is 0 Å². The third-order valence-corrected chi connectivity index (χ3v) is 5.01. The van der Waals surface area contributed by atoms with Gasteiger partial charge in [0.05, 0.1) is 25.0 Å². The number of para-hydroxylation sites is 1. The quantitative estimate of drug-likeness (QED) is 0.756. The van der Waals surface area contributed by atoms with Gasteiger partial charge in [-0.25, -0.2) is 4.68 Å². The molecule has 1 aromatic heterocycles. The fraction of sp³-hybridized carbons (Fsp3) is 0.286. The van der Waals surface area contributed by atoms with Crippen LogP contribution in [0.3, 0.4) is 0 Å². The van der Waals surface area contributed by atoms with Gasteiger partial charge in [0.2, 0.25) is 0 Å². The molecule has 0 saturated carbocycles. The molecule has 1 aliphatic rings. The molecule has 7 heteroatoms. The smallest absolute Gasteiger partial charge is 0.276 e. The van der Waals surface area contributed by atoms with E-state index in [1.165, 1.54) is 5.56 Å². The number of nitrogens with zero attached hydrogens (tertiary/aromatic N) is 4. The Morgan fingerprint density at radius 1 is 1.18 bits per heavy atom. The fourth-order valence-electron chi connectivity index (χ4n) is 3.50. The summed E-state index contributed by atoms with van der Waals surface area (Å²) in [6.45, 7) is 4.03. The van der Waals surface area contributed by atoms with Crippen LogP contribution in [0.4, 0.5) is 0 Å². The first-order chi connectivity index (χ1) is 13.7. The molecule has 0 aliphatic carbocycles. The molecule has 1 unspecified atom stereocenters. The van der Waals surface area contributed by atoms with E-state index in [9.17, 15) is 4.79 Å². The zero-order valence-corrected chi connectivity index (χ0v) is 16.0. The van der Waals surface area contributed by atoms with E-state index in [1.807, 2.05) is 60.4 Å². The molecule has 2 heterocycles. The second-order valence-electron chi connectivity index (χ2n) is 6.84. The van der Waals surface area contributed by atoms with Gasteiger partial charge in [0.1, 0.15) is 5.75 Å². The number of ether oxygens (including phenoxy) is 1. The maximum Gasteiger partial charge on any atom is 0.276 e. The van der Waals surface area contributed by atoms with Gasteiger partial charge in [-0.2, -0.15) is 0 Å². The summed E-state index contributed by atoms with van der Waals surface area (Å²) in [5, 5.41) is 11.6. The van der Waals surface area contributed by atoms with Crippen LogP contribution in [-0.2, 0) is 0 Å². The summed E-state index contributed by atoms with van der Waals surface area (Å²) in [4.78, 5) is 15.1. The number of rotatable bonds is 4. The molecular formula is C21H23N5O2. The van der Waals surface area contributed by atoms with Gasteiger partial charge in [-0.15, -0.1) is 5.10 Å². The van der Waals surface area contributed by atoms with Crippen LogP contribution in [0.25, 0.3) is 5.69 Å². The van der Waals surface area contributed by atoms with Crippen molar-refractivity contribution in [3.8, 4) is 11.4 Å². The average Bonchev–Trinajstić information content (AvgIpc) is 3.24. The highest BCUT2D eigenvalue weighted by Crippen LogP contribution is 2.31. The minimum Gasteiger partial charge on any atom is -0.496 e. The minimum absolute atomic E-state index is 0.123. The summed E-state index contributed by atoms with van der Waals surface area (Å²) in [6.07, 6.45) is 1.69. The number of piperazine rings is 1. The van der Waals surface area contributed by atoms with Gasteiger partial charge in [-0.05, 0) is 25.1 Å². The zero-order chi connectivity index (χ0) is 19.5. The van der Waals surface area contributed by atoms with E-state index in [2.05, 4.69) is 15.6 Å². The van der Waals surface area contributed by atoms with E-state index in [4.69, 9.17) is 4.74 Å². The number of nitrogens with one attached hydrogen (secondary N) is 1. The molecule has 0 radical (unpaired) electrons. The van der Waals surface area contributed by atoms with E-state index in [0.717, 1.165) is 23.5 Å². The lowest BCUT2D eigenvalue weighted by atomic mass is 10.0. The molecule has 1 aliphatic heterocycles. The van der Waals surface area contributed by atoms with Crippen molar-refractivity contribution in [1.29, 1.82) is 0 Å². The van der Waals surface area contributed by atoms with E-state index < -0.39 is 0 Å². The van der Waals surface area contributed by atoms with Crippen molar-refractivity contribution >= 4 is 5.91 Å². The molecule has 1 amide bonds. The normalized spacial score (nSPS) is 16.8. The number of carbonyl (C=O) groups excluding carboxylic acids is 1. The lowest BCUT2D eigenvalue weighted by Gasteiger charge is -2.36. The highest BCUT2D eigenvalue weighted by Gasteiger charge is 2.31. The zero-order valence-electron chi connectivity index (χ0n) is 16.0. The predicted molar refractivity (Wildman–Crippen MR) is 106 cm³/mol. The molecule has 1 N–H and O–H groups in total. The Morgan fingerprint density at radius 3 is 2.75 bits per heavy atom. The molecule has 2 aromatic carbocycles. The van der Waals surface area contributed by atoms with Crippen LogP contribution >= 0.6 is 0 Å². The monoisotopic (exact) mass is 377 g/mol. The summed E-state index contributed by atoms with van der Waals surface area (Å²) in [5.41, 5.74) is 3.36. The number of aromatic nitrogens is 3. The van der Waals surface area contributed by atoms with E-state index in [-0.39, 0.29) is 11.9 Å². The van der Waals surface area contributed by atoms with Crippen LogP contribution in [0.1, 0.15) is 27.7 Å². The molecule has 144 valence electrons. The first kappa shape index (κ1) is 18.2. The minimum atomic E-state index is -0.129. The topological polar surface area (TPSA) is 72.3 Å². The number of hydrogen-bond donors (Lipinski definition) is 1. The summed E-state index contributed by atoms with van der Waals surface area (Å²) in [6, 6.07) is 15.6. The Morgan fingerprint density at radius 2 is 1.96 bits per heavy atom. The highest BCUT2D eigenvalue weighted by molar-refractivity contribution is 5.92. The van der Waals surface area contributed by atoms with Gasteiger partial charge in [0.25, 0.3) is 5.91 Å².